The monoisotopic (exact) mass is 113 g/mol. The van der Waals surface area contributed by atoms with Crippen molar-refractivity contribution in [1.29, 1.82) is 0 Å². The van der Waals surface area contributed by atoms with Crippen molar-refractivity contribution < 1.29 is 9.59 Å². The topological polar surface area (TPSA) is 46.5 Å². The Bertz CT molecular complexity index is 124. The maximum atomic E-state index is 10.2. The molecular formula is C5H7NO2. The molecule has 1 amide bonds. The first-order chi connectivity index (χ1) is 3.81. The summed E-state index contributed by atoms with van der Waals surface area (Å²) in [5.41, 5.74) is 0. The van der Waals surface area contributed by atoms with Crippen LogP contribution < -0.4 is 0 Å². The number of hydrogen-bond acceptors (Lipinski definition) is 2. The Morgan fingerprint density at radius 2 is 2.38 bits per heavy atom. The molecule has 0 aliphatic carbocycles. The highest BCUT2D eigenvalue weighted by Gasteiger charge is 1.92. The second-order valence-corrected chi connectivity index (χ2v) is 1.35. The number of aliphatic imine (C=N–C) groups is 1. The minimum atomic E-state index is -0.387. The van der Waals surface area contributed by atoms with Gasteiger partial charge < -0.3 is 0 Å². The van der Waals surface area contributed by atoms with Crippen LogP contribution in [-0.2, 0) is 9.59 Å². The number of hydrogen-bond donors (Lipinski definition) is 0. The van der Waals surface area contributed by atoms with Gasteiger partial charge in [0.1, 0.15) is 0 Å². The molecule has 3 nitrogen and oxygen atoms in total. The van der Waals surface area contributed by atoms with E-state index in [4.69, 9.17) is 0 Å². The summed E-state index contributed by atoms with van der Waals surface area (Å²) >= 11 is 0. The zero-order chi connectivity index (χ0) is 6.41. The Hall–Kier alpha value is -0.950. The number of carbonyl (C=O) groups is 1. The van der Waals surface area contributed by atoms with Gasteiger partial charge in [0, 0.05) is 6.42 Å². The molecule has 0 atom stereocenters. The molecule has 0 heterocycles. The normalized spacial score (nSPS) is 7.62. The third-order valence-corrected chi connectivity index (χ3v) is 0.634. The van der Waals surface area contributed by atoms with Crippen LogP contribution >= 0.6 is 0 Å². The number of isocyanates is 1. The molecule has 3 heteroatoms. The van der Waals surface area contributed by atoms with E-state index in [1.54, 1.807) is 0 Å². The molecule has 0 aliphatic rings. The predicted molar refractivity (Wildman–Crippen MR) is 28.0 cm³/mol. The smallest absolute Gasteiger partial charge is 0.256 e. The fraction of sp³-hybridized carbons (Fsp3) is 0.600. The lowest BCUT2D eigenvalue weighted by molar-refractivity contribution is -0.117. The molecule has 0 aromatic heterocycles. The molecule has 44 valence electrons. The van der Waals surface area contributed by atoms with Crippen LogP contribution in [0.4, 0.5) is 0 Å². The van der Waals surface area contributed by atoms with Crippen molar-refractivity contribution in [1.82, 2.24) is 0 Å². The Kier molecular flexibility index (Phi) is 3.71. The molecule has 0 aromatic carbocycles. The number of carbonyl (C=O) groups excluding carboxylic acids is 2. The first kappa shape index (κ1) is 7.05. The summed E-state index contributed by atoms with van der Waals surface area (Å²) in [5.74, 6) is -0.387. The maximum absolute atomic E-state index is 10.2. The van der Waals surface area contributed by atoms with Gasteiger partial charge in [-0.1, -0.05) is 6.92 Å². The van der Waals surface area contributed by atoms with Gasteiger partial charge in [0.15, 0.2) is 0 Å². The Labute approximate surface area is 47.4 Å². The van der Waals surface area contributed by atoms with Crippen molar-refractivity contribution in [3.8, 4) is 0 Å². The molecule has 0 radical (unpaired) electrons. The minimum absolute atomic E-state index is 0.342. The van der Waals surface area contributed by atoms with Crippen LogP contribution in [0.3, 0.4) is 0 Å². The lowest BCUT2D eigenvalue weighted by Gasteiger charge is -1.80. The van der Waals surface area contributed by atoms with Gasteiger partial charge in [-0.2, -0.15) is 0 Å². The SMILES string of the molecule is CCCC(=O)N=C=O. The summed E-state index contributed by atoms with van der Waals surface area (Å²) in [6.07, 6.45) is 2.25. The summed E-state index contributed by atoms with van der Waals surface area (Å²) in [6.45, 7) is 1.85. The van der Waals surface area contributed by atoms with Gasteiger partial charge in [-0.3, -0.25) is 4.79 Å². The van der Waals surface area contributed by atoms with E-state index < -0.39 is 0 Å². The molecule has 0 saturated heterocycles. The zero-order valence-electron chi connectivity index (χ0n) is 4.68. The second kappa shape index (κ2) is 4.22. The van der Waals surface area contributed by atoms with E-state index in [0.717, 1.165) is 6.42 Å². The highest BCUT2D eigenvalue weighted by Crippen LogP contribution is 1.87. The van der Waals surface area contributed by atoms with Crippen molar-refractivity contribution in [2.24, 2.45) is 4.99 Å². The van der Waals surface area contributed by atoms with Gasteiger partial charge >= 0.3 is 0 Å². The van der Waals surface area contributed by atoms with Crippen molar-refractivity contribution in [2.75, 3.05) is 0 Å². The molecule has 0 aromatic rings. The highest BCUT2D eigenvalue weighted by molar-refractivity contribution is 5.81. The van der Waals surface area contributed by atoms with Crippen molar-refractivity contribution in [2.45, 2.75) is 19.8 Å². The van der Waals surface area contributed by atoms with Gasteiger partial charge in [0.25, 0.3) is 5.91 Å². The van der Waals surface area contributed by atoms with Crippen LogP contribution in [0.2, 0.25) is 0 Å². The standard InChI is InChI=1S/C5H7NO2/c1-2-3-5(8)6-4-7/h2-3H2,1H3. The second-order valence-electron chi connectivity index (χ2n) is 1.35. The first-order valence-corrected chi connectivity index (χ1v) is 2.42. The van der Waals surface area contributed by atoms with E-state index in [1.807, 2.05) is 6.92 Å². The van der Waals surface area contributed by atoms with Crippen LogP contribution in [0.1, 0.15) is 19.8 Å². The molecular weight excluding hydrogens is 106 g/mol. The fourth-order valence-electron chi connectivity index (χ4n) is 0.321. The van der Waals surface area contributed by atoms with Crippen LogP contribution in [0.5, 0.6) is 0 Å². The van der Waals surface area contributed by atoms with Crippen LogP contribution in [0, 0.1) is 0 Å². The Balaban J connectivity index is 3.49. The fourth-order valence-corrected chi connectivity index (χ4v) is 0.321. The number of rotatable bonds is 2. The summed E-state index contributed by atoms with van der Waals surface area (Å²) in [5, 5.41) is 0. The van der Waals surface area contributed by atoms with Gasteiger partial charge in [0.05, 0.1) is 0 Å². The molecule has 0 rings (SSSR count). The Morgan fingerprint density at radius 1 is 1.75 bits per heavy atom. The van der Waals surface area contributed by atoms with E-state index in [0.29, 0.717) is 6.42 Å². The van der Waals surface area contributed by atoms with Gasteiger partial charge in [-0.15, -0.1) is 4.99 Å². The van der Waals surface area contributed by atoms with Gasteiger partial charge in [0.2, 0.25) is 6.08 Å². The summed E-state index contributed by atoms with van der Waals surface area (Å²) in [7, 11) is 0. The van der Waals surface area contributed by atoms with Crippen LogP contribution in [-0.4, -0.2) is 12.0 Å². The van der Waals surface area contributed by atoms with E-state index in [-0.39, 0.29) is 5.91 Å². The largest absolute Gasteiger partial charge is 0.272 e. The quantitative estimate of drug-likeness (QED) is 0.390. The molecule has 0 spiro atoms. The van der Waals surface area contributed by atoms with E-state index in [9.17, 15) is 9.59 Å². The molecule has 8 heavy (non-hydrogen) atoms. The molecule has 0 unspecified atom stereocenters. The lowest BCUT2D eigenvalue weighted by Crippen LogP contribution is -1.88. The van der Waals surface area contributed by atoms with Crippen LogP contribution in [0.15, 0.2) is 4.99 Å². The first-order valence-electron chi connectivity index (χ1n) is 2.42. The molecule has 0 N–H and O–H groups in total. The van der Waals surface area contributed by atoms with Gasteiger partial charge in [-0.05, 0) is 6.42 Å². The van der Waals surface area contributed by atoms with E-state index in [2.05, 4.69) is 4.99 Å². The van der Waals surface area contributed by atoms with E-state index in [1.165, 1.54) is 6.08 Å². The Morgan fingerprint density at radius 3 is 2.75 bits per heavy atom. The molecule has 0 aliphatic heterocycles. The van der Waals surface area contributed by atoms with Crippen LogP contribution in [0.25, 0.3) is 0 Å². The third-order valence-electron chi connectivity index (χ3n) is 0.634. The average molecular weight is 113 g/mol. The van der Waals surface area contributed by atoms with E-state index >= 15 is 0 Å². The predicted octanol–water partition coefficient (Wildman–Crippen LogP) is 0.649. The third kappa shape index (κ3) is 3.25. The summed E-state index contributed by atoms with van der Waals surface area (Å²) < 4.78 is 0. The van der Waals surface area contributed by atoms with Crippen molar-refractivity contribution >= 4 is 12.0 Å². The minimum Gasteiger partial charge on any atom is -0.272 e. The molecule has 0 saturated carbocycles. The summed E-state index contributed by atoms with van der Waals surface area (Å²) in [6, 6.07) is 0. The highest BCUT2D eigenvalue weighted by atomic mass is 16.2. The number of amides is 1. The van der Waals surface area contributed by atoms with Gasteiger partial charge in [-0.25, -0.2) is 4.79 Å². The average Bonchev–Trinajstić information content (AvgIpc) is 1.68. The van der Waals surface area contributed by atoms with Crippen molar-refractivity contribution in [3.63, 3.8) is 0 Å². The number of nitrogens with zero attached hydrogens (tertiary/aromatic N) is 1. The van der Waals surface area contributed by atoms with Crippen molar-refractivity contribution in [3.05, 3.63) is 0 Å². The lowest BCUT2D eigenvalue weighted by atomic mass is 10.3. The zero-order valence-corrected chi connectivity index (χ0v) is 4.68. The molecule has 0 fully saturated rings. The summed E-state index contributed by atoms with van der Waals surface area (Å²) in [4.78, 5) is 22.5. The molecule has 0 bridgehead atoms. The maximum Gasteiger partial charge on any atom is 0.256 e.